The molecule has 2 amide bonds. The van der Waals surface area contributed by atoms with E-state index in [1.54, 1.807) is 24.3 Å². The number of hydrogen-bond donors (Lipinski definition) is 4. The number of carbonyl (C=O) groups excluding carboxylic acids is 2. The molecule has 7 nitrogen and oxygen atoms in total. The summed E-state index contributed by atoms with van der Waals surface area (Å²) in [4.78, 5) is 23.0. The number of amides is 2. The van der Waals surface area contributed by atoms with Gasteiger partial charge in [-0.3, -0.25) is 9.59 Å². The van der Waals surface area contributed by atoms with E-state index in [0.717, 1.165) is 0 Å². The molecule has 1 aromatic carbocycles. The molecule has 0 heterocycles. The van der Waals surface area contributed by atoms with Crippen molar-refractivity contribution in [3.63, 3.8) is 0 Å². The Bertz CT molecular complexity index is 613. The lowest BCUT2D eigenvalue weighted by atomic mass is 10.2. The van der Waals surface area contributed by atoms with E-state index in [4.69, 9.17) is 10.4 Å². The summed E-state index contributed by atoms with van der Waals surface area (Å²) >= 11 is 0. The van der Waals surface area contributed by atoms with Crippen molar-refractivity contribution in [3.8, 4) is 6.07 Å². The third-order valence-corrected chi connectivity index (χ3v) is 3.00. The summed E-state index contributed by atoms with van der Waals surface area (Å²) in [7, 11) is 0. The molecule has 0 saturated carbocycles. The summed E-state index contributed by atoms with van der Waals surface area (Å²) in [6, 6.07) is 8.13. The van der Waals surface area contributed by atoms with E-state index in [-0.39, 0.29) is 24.1 Å². The SMILES string of the molecule is CCC(CO)N/C=C(/C#N)C(=O)Nc1ccc(NC(C)=O)cc1. The molecule has 0 aliphatic carbocycles. The Labute approximate surface area is 135 Å². The lowest BCUT2D eigenvalue weighted by Crippen LogP contribution is -2.28. The predicted molar refractivity (Wildman–Crippen MR) is 87.4 cm³/mol. The standard InChI is InChI=1S/C16H20N4O3/c1-3-13(10-21)18-9-12(8-17)16(23)20-15-6-4-14(5-7-15)19-11(2)22/h4-7,9,13,18,21H,3,10H2,1-2H3,(H,19,22)(H,20,23)/b12-9-. The van der Waals surface area contributed by atoms with E-state index < -0.39 is 5.91 Å². The summed E-state index contributed by atoms with van der Waals surface area (Å²) in [5.41, 5.74) is 1.02. The molecule has 23 heavy (non-hydrogen) atoms. The first-order valence-corrected chi connectivity index (χ1v) is 7.16. The summed E-state index contributed by atoms with van der Waals surface area (Å²) in [5.74, 6) is -0.739. The van der Waals surface area contributed by atoms with Gasteiger partial charge in [0.15, 0.2) is 0 Å². The molecule has 0 radical (unpaired) electrons. The largest absolute Gasteiger partial charge is 0.394 e. The van der Waals surface area contributed by atoms with Gasteiger partial charge in [-0.2, -0.15) is 5.26 Å². The van der Waals surface area contributed by atoms with Gasteiger partial charge in [-0.15, -0.1) is 0 Å². The van der Waals surface area contributed by atoms with Gasteiger partial charge in [0.1, 0.15) is 11.6 Å². The van der Waals surface area contributed by atoms with Gasteiger partial charge >= 0.3 is 0 Å². The van der Waals surface area contributed by atoms with Crippen LogP contribution in [0, 0.1) is 11.3 Å². The Morgan fingerprint density at radius 1 is 1.26 bits per heavy atom. The Balaban J connectivity index is 2.71. The second kappa shape index (κ2) is 9.23. The van der Waals surface area contributed by atoms with E-state index in [0.29, 0.717) is 17.8 Å². The molecule has 0 aliphatic heterocycles. The van der Waals surface area contributed by atoms with Gasteiger partial charge in [0.2, 0.25) is 5.91 Å². The highest BCUT2D eigenvalue weighted by atomic mass is 16.3. The molecule has 0 aromatic heterocycles. The van der Waals surface area contributed by atoms with Crippen LogP contribution in [0.15, 0.2) is 36.0 Å². The monoisotopic (exact) mass is 316 g/mol. The van der Waals surface area contributed by atoms with Crippen molar-refractivity contribution >= 4 is 23.2 Å². The van der Waals surface area contributed by atoms with Gasteiger partial charge in [0, 0.05) is 30.5 Å². The Morgan fingerprint density at radius 2 is 1.83 bits per heavy atom. The van der Waals surface area contributed by atoms with Gasteiger partial charge in [-0.1, -0.05) is 6.92 Å². The van der Waals surface area contributed by atoms with Gasteiger partial charge in [0.25, 0.3) is 5.91 Å². The number of hydrogen-bond acceptors (Lipinski definition) is 5. The summed E-state index contributed by atoms with van der Waals surface area (Å²) in [6.45, 7) is 3.20. The lowest BCUT2D eigenvalue weighted by molar-refractivity contribution is -0.114. The number of anilines is 2. The van der Waals surface area contributed by atoms with Crippen LogP contribution in [-0.2, 0) is 9.59 Å². The maximum atomic E-state index is 12.0. The molecule has 1 rings (SSSR count). The first kappa shape index (κ1) is 18.2. The fourth-order valence-electron chi connectivity index (χ4n) is 1.69. The minimum atomic E-state index is -0.555. The maximum absolute atomic E-state index is 12.0. The van der Waals surface area contributed by atoms with Crippen molar-refractivity contribution < 1.29 is 14.7 Å². The molecule has 0 aliphatic rings. The van der Waals surface area contributed by atoms with Gasteiger partial charge in [-0.25, -0.2) is 0 Å². The van der Waals surface area contributed by atoms with Crippen LogP contribution in [0.2, 0.25) is 0 Å². The van der Waals surface area contributed by atoms with Crippen LogP contribution >= 0.6 is 0 Å². The fourth-order valence-corrected chi connectivity index (χ4v) is 1.69. The zero-order chi connectivity index (χ0) is 17.2. The fraction of sp³-hybridized carbons (Fsp3) is 0.312. The highest BCUT2D eigenvalue weighted by Crippen LogP contribution is 2.14. The van der Waals surface area contributed by atoms with Crippen molar-refractivity contribution in [1.29, 1.82) is 5.26 Å². The highest BCUT2D eigenvalue weighted by molar-refractivity contribution is 6.06. The summed E-state index contributed by atoms with van der Waals surface area (Å²) < 4.78 is 0. The minimum absolute atomic E-state index is 0.0854. The number of nitrogens with zero attached hydrogens (tertiary/aromatic N) is 1. The van der Waals surface area contributed by atoms with E-state index in [1.807, 2.05) is 13.0 Å². The number of nitriles is 1. The molecule has 4 N–H and O–H groups in total. The molecule has 1 atom stereocenters. The number of aliphatic hydroxyl groups excluding tert-OH is 1. The molecular formula is C16H20N4O3. The number of nitrogens with one attached hydrogen (secondary N) is 3. The maximum Gasteiger partial charge on any atom is 0.267 e. The quantitative estimate of drug-likeness (QED) is 0.448. The summed E-state index contributed by atoms with van der Waals surface area (Å²) in [6.07, 6.45) is 1.96. The van der Waals surface area contributed by atoms with Crippen LogP contribution in [0.4, 0.5) is 11.4 Å². The van der Waals surface area contributed by atoms with Crippen LogP contribution in [0.1, 0.15) is 20.3 Å². The molecule has 0 bridgehead atoms. The second-order valence-corrected chi connectivity index (χ2v) is 4.84. The van der Waals surface area contributed by atoms with Crippen LogP contribution in [-0.4, -0.2) is 29.6 Å². The average Bonchev–Trinajstić information content (AvgIpc) is 2.53. The molecule has 1 aromatic rings. The molecule has 0 fully saturated rings. The normalized spacial score (nSPS) is 12.0. The van der Waals surface area contributed by atoms with E-state index in [9.17, 15) is 9.59 Å². The van der Waals surface area contributed by atoms with E-state index in [1.165, 1.54) is 13.1 Å². The third kappa shape index (κ3) is 6.20. The van der Waals surface area contributed by atoms with Crippen LogP contribution in [0.5, 0.6) is 0 Å². The molecule has 122 valence electrons. The molecular weight excluding hydrogens is 296 g/mol. The van der Waals surface area contributed by atoms with Crippen molar-refractivity contribution in [1.82, 2.24) is 5.32 Å². The van der Waals surface area contributed by atoms with Crippen LogP contribution in [0.25, 0.3) is 0 Å². The van der Waals surface area contributed by atoms with Gasteiger partial charge in [-0.05, 0) is 30.7 Å². The first-order valence-electron chi connectivity index (χ1n) is 7.16. The van der Waals surface area contributed by atoms with Crippen LogP contribution < -0.4 is 16.0 Å². The smallest absolute Gasteiger partial charge is 0.267 e. The topological polar surface area (TPSA) is 114 Å². The Hall–Kier alpha value is -2.85. The Kier molecular flexibility index (Phi) is 7.30. The third-order valence-electron chi connectivity index (χ3n) is 3.00. The zero-order valence-electron chi connectivity index (χ0n) is 13.1. The van der Waals surface area contributed by atoms with Crippen molar-refractivity contribution in [3.05, 3.63) is 36.0 Å². The zero-order valence-corrected chi connectivity index (χ0v) is 13.1. The molecule has 0 saturated heterocycles. The van der Waals surface area contributed by atoms with Crippen molar-refractivity contribution in [2.24, 2.45) is 0 Å². The number of benzene rings is 1. The average molecular weight is 316 g/mol. The van der Waals surface area contributed by atoms with Gasteiger partial charge < -0.3 is 21.1 Å². The molecule has 7 heteroatoms. The Morgan fingerprint density at radius 3 is 2.26 bits per heavy atom. The number of rotatable bonds is 7. The van der Waals surface area contributed by atoms with Crippen LogP contribution in [0.3, 0.4) is 0 Å². The molecule has 1 unspecified atom stereocenters. The number of carbonyl (C=O) groups is 2. The van der Waals surface area contributed by atoms with Crippen molar-refractivity contribution in [2.75, 3.05) is 17.2 Å². The second-order valence-electron chi connectivity index (χ2n) is 4.84. The minimum Gasteiger partial charge on any atom is -0.394 e. The van der Waals surface area contributed by atoms with Gasteiger partial charge in [0.05, 0.1) is 6.61 Å². The van der Waals surface area contributed by atoms with E-state index >= 15 is 0 Å². The van der Waals surface area contributed by atoms with Crippen molar-refractivity contribution in [2.45, 2.75) is 26.3 Å². The lowest BCUT2D eigenvalue weighted by Gasteiger charge is -2.12. The first-order chi connectivity index (χ1) is 11.0. The predicted octanol–water partition coefficient (Wildman–Crippen LogP) is 1.35. The summed E-state index contributed by atoms with van der Waals surface area (Å²) in [5, 5.41) is 26.1. The number of aliphatic hydroxyl groups is 1. The molecule has 0 spiro atoms. The highest BCUT2D eigenvalue weighted by Gasteiger charge is 2.10. The van der Waals surface area contributed by atoms with E-state index in [2.05, 4.69) is 16.0 Å².